The molecule has 2 aromatic rings. The summed E-state index contributed by atoms with van der Waals surface area (Å²) in [4.78, 5) is 22.3. The molecule has 0 aliphatic carbocycles. The number of amides is 1. The molecule has 0 aliphatic heterocycles. The summed E-state index contributed by atoms with van der Waals surface area (Å²) in [5.74, 6) is -1.04. The standard InChI is InChI=1S/C12H10ClN3O3/c13-9-3-1-8(2-4-9)12(19)14-10-5-6-16(15-10)7-11(17)18/h1-6H,7H2,(H,17,18)(H,14,15,19). The second-order valence-electron chi connectivity index (χ2n) is 3.75. The molecule has 1 heterocycles. The van der Waals surface area contributed by atoms with Gasteiger partial charge in [-0.3, -0.25) is 14.3 Å². The molecule has 98 valence electrons. The van der Waals surface area contributed by atoms with Gasteiger partial charge < -0.3 is 10.4 Å². The zero-order chi connectivity index (χ0) is 13.8. The number of aliphatic carboxylic acids is 1. The van der Waals surface area contributed by atoms with Crippen molar-refractivity contribution in [3.05, 3.63) is 47.1 Å². The maximum absolute atomic E-state index is 11.8. The van der Waals surface area contributed by atoms with Crippen molar-refractivity contribution in [2.45, 2.75) is 6.54 Å². The first-order valence-electron chi connectivity index (χ1n) is 5.37. The van der Waals surface area contributed by atoms with E-state index in [9.17, 15) is 9.59 Å². The highest BCUT2D eigenvalue weighted by Gasteiger charge is 2.08. The summed E-state index contributed by atoms with van der Waals surface area (Å²) in [5, 5.41) is 15.6. The van der Waals surface area contributed by atoms with Gasteiger partial charge in [-0.1, -0.05) is 11.6 Å². The molecule has 0 saturated carbocycles. The van der Waals surface area contributed by atoms with Crippen LogP contribution >= 0.6 is 11.6 Å². The second-order valence-corrected chi connectivity index (χ2v) is 4.19. The van der Waals surface area contributed by atoms with Crippen molar-refractivity contribution in [1.82, 2.24) is 9.78 Å². The number of hydrogen-bond acceptors (Lipinski definition) is 3. The number of aromatic nitrogens is 2. The molecule has 7 heteroatoms. The van der Waals surface area contributed by atoms with Crippen LogP contribution in [0.5, 0.6) is 0 Å². The fraction of sp³-hybridized carbons (Fsp3) is 0.0833. The maximum Gasteiger partial charge on any atom is 0.325 e. The van der Waals surface area contributed by atoms with E-state index in [4.69, 9.17) is 16.7 Å². The maximum atomic E-state index is 11.8. The lowest BCUT2D eigenvalue weighted by atomic mass is 10.2. The van der Waals surface area contributed by atoms with E-state index in [-0.39, 0.29) is 12.5 Å². The third-order valence-corrected chi connectivity index (χ3v) is 2.54. The van der Waals surface area contributed by atoms with E-state index in [1.807, 2.05) is 0 Å². The van der Waals surface area contributed by atoms with Gasteiger partial charge in [0.15, 0.2) is 5.82 Å². The van der Waals surface area contributed by atoms with Crippen LogP contribution in [0.1, 0.15) is 10.4 Å². The SMILES string of the molecule is O=C(O)Cn1ccc(NC(=O)c2ccc(Cl)cc2)n1. The van der Waals surface area contributed by atoms with Crippen LogP contribution in [0, 0.1) is 0 Å². The molecule has 1 aromatic heterocycles. The van der Waals surface area contributed by atoms with Crippen molar-refractivity contribution >= 4 is 29.3 Å². The Morgan fingerprint density at radius 3 is 2.58 bits per heavy atom. The Labute approximate surface area is 113 Å². The first-order valence-corrected chi connectivity index (χ1v) is 5.74. The van der Waals surface area contributed by atoms with Crippen molar-refractivity contribution in [1.29, 1.82) is 0 Å². The normalized spacial score (nSPS) is 10.2. The minimum absolute atomic E-state index is 0.253. The number of halogens is 1. The van der Waals surface area contributed by atoms with E-state index in [1.165, 1.54) is 16.9 Å². The van der Waals surface area contributed by atoms with Gasteiger partial charge in [0.05, 0.1) is 0 Å². The lowest BCUT2D eigenvalue weighted by Crippen LogP contribution is -2.13. The summed E-state index contributed by atoms with van der Waals surface area (Å²) in [7, 11) is 0. The summed E-state index contributed by atoms with van der Waals surface area (Å²) in [6, 6.07) is 7.92. The molecule has 19 heavy (non-hydrogen) atoms. The summed E-state index contributed by atoms with van der Waals surface area (Å²) in [6.45, 7) is -0.253. The highest BCUT2D eigenvalue weighted by Crippen LogP contribution is 2.11. The molecular formula is C12H10ClN3O3. The average Bonchev–Trinajstić information content (AvgIpc) is 2.76. The molecule has 0 fully saturated rings. The summed E-state index contributed by atoms with van der Waals surface area (Å²) in [5.41, 5.74) is 0.442. The quantitative estimate of drug-likeness (QED) is 0.895. The molecule has 6 nitrogen and oxygen atoms in total. The molecule has 2 N–H and O–H groups in total. The van der Waals surface area contributed by atoms with Crippen LogP contribution in [0.25, 0.3) is 0 Å². The third kappa shape index (κ3) is 3.56. The zero-order valence-corrected chi connectivity index (χ0v) is 10.5. The number of nitrogens with zero attached hydrogens (tertiary/aromatic N) is 2. The number of nitrogens with one attached hydrogen (secondary N) is 1. The van der Waals surface area contributed by atoms with Gasteiger partial charge in [0.1, 0.15) is 6.54 Å². The van der Waals surface area contributed by atoms with Crippen molar-refractivity contribution < 1.29 is 14.7 Å². The Hall–Kier alpha value is -2.34. The Morgan fingerprint density at radius 1 is 1.26 bits per heavy atom. The molecule has 0 spiro atoms. The summed E-state index contributed by atoms with van der Waals surface area (Å²) < 4.78 is 1.22. The largest absolute Gasteiger partial charge is 0.480 e. The number of rotatable bonds is 4. The molecule has 2 rings (SSSR count). The first-order chi connectivity index (χ1) is 9.04. The van der Waals surface area contributed by atoms with Gasteiger partial charge in [0.2, 0.25) is 0 Å². The Kier molecular flexibility index (Phi) is 3.82. The molecule has 0 radical (unpaired) electrons. The third-order valence-electron chi connectivity index (χ3n) is 2.29. The number of carbonyl (C=O) groups excluding carboxylic acids is 1. The molecule has 0 unspecified atom stereocenters. The Bertz CT molecular complexity index is 607. The lowest BCUT2D eigenvalue weighted by molar-refractivity contribution is -0.137. The second kappa shape index (κ2) is 5.53. The smallest absolute Gasteiger partial charge is 0.325 e. The van der Waals surface area contributed by atoms with E-state index in [0.717, 1.165) is 0 Å². The molecule has 0 atom stereocenters. The topological polar surface area (TPSA) is 84.2 Å². The highest BCUT2D eigenvalue weighted by molar-refractivity contribution is 6.30. The van der Waals surface area contributed by atoms with Crippen LogP contribution < -0.4 is 5.32 Å². The summed E-state index contributed by atoms with van der Waals surface area (Å²) in [6.07, 6.45) is 1.48. The first kappa shape index (κ1) is 13.1. The monoisotopic (exact) mass is 279 g/mol. The number of carbonyl (C=O) groups is 2. The van der Waals surface area contributed by atoms with Crippen molar-refractivity contribution in [2.75, 3.05) is 5.32 Å². The number of benzene rings is 1. The molecule has 0 saturated heterocycles. The van der Waals surface area contributed by atoms with Gasteiger partial charge in [0.25, 0.3) is 5.91 Å². The van der Waals surface area contributed by atoms with Gasteiger partial charge in [-0.15, -0.1) is 0 Å². The fourth-order valence-corrected chi connectivity index (χ4v) is 1.57. The highest BCUT2D eigenvalue weighted by atomic mass is 35.5. The minimum atomic E-state index is -1.00. The van der Waals surface area contributed by atoms with Crippen LogP contribution in [0.2, 0.25) is 5.02 Å². The molecule has 1 amide bonds. The van der Waals surface area contributed by atoms with E-state index in [0.29, 0.717) is 16.4 Å². The van der Waals surface area contributed by atoms with Crippen molar-refractivity contribution in [3.8, 4) is 0 Å². The van der Waals surface area contributed by atoms with Gasteiger partial charge >= 0.3 is 5.97 Å². The van der Waals surface area contributed by atoms with Crippen LogP contribution in [0.15, 0.2) is 36.5 Å². The predicted octanol–water partition coefficient (Wildman–Crippen LogP) is 1.87. The van der Waals surface area contributed by atoms with Crippen LogP contribution in [-0.4, -0.2) is 26.8 Å². The van der Waals surface area contributed by atoms with Crippen molar-refractivity contribution in [2.24, 2.45) is 0 Å². The van der Waals surface area contributed by atoms with Gasteiger partial charge in [0, 0.05) is 22.8 Å². The molecular weight excluding hydrogens is 270 g/mol. The van der Waals surface area contributed by atoms with E-state index < -0.39 is 5.97 Å². The molecule has 1 aromatic carbocycles. The fourth-order valence-electron chi connectivity index (χ4n) is 1.44. The zero-order valence-electron chi connectivity index (χ0n) is 9.71. The van der Waals surface area contributed by atoms with Crippen LogP contribution in [0.4, 0.5) is 5.82 Å². The minimum Gasteiger partial charge on any atom is -0.480 e. The van der Waals surface area contributed by atoms with Gasteiger partial charge in [-0.2, -0.15) is 5.10 Å². The van der Waals surface area contributed by atoms with Gasteiger partial charge in [-0.05, 0) is 24.3 Å². The van der Waals surface area contributed by atoms with E-state index >= 15 is 0 Å². The number of anilines is 1. The van der Waals surface area contributed by atoms with Crippen molar-refractivity contribution in [3.63, 3.8) is 0 Å². The number of hydrogen-bond donors (Lipinski definition) is 2. The van der Waals surface area contributed by atoms with E-state index in [2.05, 4.69) is 10.4 Å². The summed E-state index contributed by atoms with van der Waals surface area (Å²) >= 11 is 5.73. The van der Waals surface area contributed by atoms with Crippen LogP contribution in [0.3, 0.4) is 0 Å². The Balaban J connectivity index is 2.04. The molecule has 0 aliphatic rings. The molecule has 0 bridgehead atoms. The van der Waals surface area contributed by atoms with Gasteiger partial charge in [-0.25, -0.2) is 0 Å². The predicted molar refractivity (Wildman–Crippen MR) is 69.3 cm³/mol. The van der Waals surface area contributed by atoms with E-state index in [1.54, 1.807) is 24.3 Å². The Morgan fingerprint density at radius 2 is 1.95 bits per heavy atom. The number of carboxylic acids is 1. The van der Waals surface area contributed by atoms with Crippen LogP contribution in [-0.2, 0) is 11.3 Å². The lowest BCUT2D eigenvalue weighted by Gasteiger charge is -2.02. The average molecular weight is 280 g/mol. The number of carboxylic acid groups (broad SMARTS) is 1.